The number of hydrogen-bond donors (Lipinski definition) is 1. The Morgan fingerprint density at radius 3 is 2.71 bits per heavy atom. The molecule has 5 heteroatoms. The number of aromatic nitrogens is 1. The third-order valence-electron chi connectivity index (χ3n) is 3.13. The molecule has 0 amide bonds. The average molecular weight is 253 g/mol. The Bertz CT molecular complexity index is 383. The van der Waals surface area contributed by atoms with Crippen molar-refractivity contribution in [3.8, 4) is 0 Å². The van der Waals surface area contributed by atoms with E-state index in [9.17, 15) is 4.21 Å². The molecular weight excluding hydrogens is 234 g/mol. The predicted molar refractivity (Wildman–Crippen MR) is 71.5 cm³/mol. The summed E-state index contributed by atoms with van der Waals surface area (Å²) >= 11 is 0. The predicted octanol–water partition coefficient (Wildman–Crippen LogP) is 1.06. The van der Waals surface area contributed by atoms with Gasteiger partial charge >= 0.3 is 0 Å². The van der Waals surface area contributed by atoms with Crippen LogP contribution in [0, 0.1) is 0 Å². The summed E-state index contributed by atoms with van der Waals surface area (Å²) < 4.78 is 11.3. The molecule has 0 bridgehead atoms. The molecule has 0 radical (unpaired) electrons. The fraction of sp³-hybridized carbons (Fsp3) is 0.583. The summed E-state index contributed by atoms with van der Waals surface area (Å²) in [5.41, 5.74) is 7.97. The molecule has 1 aromatic rings. The highest BCUT2D eigenvalue weighted by Crippen LogP contribution is 2.18. The molecule has 1 atom stereocenters. The Hall–Kier alpha value is -0.940. The monoisotopic (exact) mass is 253 g/mol. The molecule has 1 fully saturated rings. The lowest BCUT2D eigenvalue weighted by atomic mass is 10.1. The van der Waals surface area contributed by atoms with E-state index in [4.69, 9.17) is 5.73 Å². The summed E-state index contributed by atoms with van der Waals surface area (Å²) in [4.78, 5) is 6.63. The topological polar surface area (TPSA) is 59.2 Å². The largest absolute Gasteiger partial charge is 0.368 e. The Morgan fingerprint density at radius 2 is 2.18 bits per heavy atom. The lowest BCUT2D eigenvalue weighted by molar-refractivity contribution is 0.670. The van der Waals surface area contributed by atoms with Crippen LogP contribution in [0.4, 0.5) is 5.69 Å². The maximum atomic E-state index is 11.3. The maximum absolute atomic E-state index is 11.3. The van der Waals surface area contributed by atoms with Gasteiger partial charge in [-0.15, -0.1) is 0 Å². The zero-order valence-electron chi connectivity index (χ0n) is 10.1. The SMILES string of the molecule is CC[C@@H](N)c1ccc(N2CCS(=O)CC2)cn1. The highest BCUT2D eigenvalue weighted by Gasteiger charge is 2.16. The van der Waals surface area contributed by atoms with Crippen molar-refractivity contribution in [2.75, 3.05) is 29.5 Å². The second-order valence-electron chi connectivity index (χ2n) is 4.29. The van der Waals surface area contributed by atoms with Crippen molar-refractivity contribution < 1.29 is 4.21 Å². The van der Waals surface area contributed by atoms with Crippen molar-refractivity contribution in [1.29, 1.82) is 0 Å². The molecule has 0 spiro atoms. The van der Waals surface area contributed by atoms with Crippen LogP contribution in [0.5, 0.6) is 0 Å². The van der Waals surface area contributed by atoms with Gasteiger partial charge in [0.15, 0.2) is 0 Å². The fourth-order valence-electron chi connectivity index (χ4n) is 1.91. The number of nitrogens with two attached hydrogens (primary N) is 1. The third kappa shape index (κ3) is 3.04. The minimum atomic E-state index is -0.630. The van der Waals surface area contributed by atoms with Crippen LogP contribution in [0.1, 0.15) is 25.1 Å². The fourth-order valence-corrected chi connectivity index (χ4v) is 2.96. The number of rotatable bonds is 3. The van der Waals surface area contributed by atoms with Gasteiger partial charge in [0.2, 0.25) is 0 Å². The van der Waals surface area contributed by atoms with Crippen molar-refractivity contribution >= 4 is 16.5 Å². The molecule has 0 aromatic carbocycles. The van der Waals surface area contributed by atoms with Crippen LogP contribution in [-0.2, 0) is 10.8 Å². The average Bonchev–Trinajstić information content (AvgIpc) is 2.39. The van der Waals surface area contributed by atoms with Gasteiger partial charge < -0.3 is 10.6 Å². The first-order valence-corrected chi connectivity index (χ1v) is 7.51. The first kappa shape index (κ1) is 12.5. The lowest BCUT2D eigenvalue weighted by Gasteiger charge is -2.28. The van der Waals surface area contributed by atoms with E-state index in [1.54, 1.807) is 0 Å². The first-order chi connectivity index (χ1) is 8.20. The van der Waals surface area contributed by atoms with Gasteiger partial charge in [-0.2, -0.15) is 0 Å². The minimum absolute atomic E-state index is 0.0258. The molecule has 2 heterocycles. The smallest absolute Gasteiger partial charge is 0.0572 e. The molecule has 1 aliphatic heterocycles. The molecule has 2 N–H and O–H groups in total. The van der Waals surface area contributed by atoms with Gasteiger partial charge in [-0.3, -0.25) is 9.19 Å². The first-order valence-electron chi connectivity index (χ1n) is 6.02. The van der Waals surface area contributed by atoms with Crippen molar-refractivity contribution in [3.63, 3.8) is 0 Å². The zero-order chi connectivity index (χ0) is 12.3. The number of hydrogen-bond acceptors (Lipinski definition) is 4. The van der Waals surface area contributed by atoms with Crippen LogP contribution in [0.2, 0.25) is 0 Å². The Kier molecular flexibility index (Phi) is 4.12. The molecule has 1 aromatic heterocycles. The standard InChI is InChI=1S/C12H19N3OS/c1-2-11(13)12-4-3-10(9-14-12)15-5-7-17(16)8-6-15/h3-4,9,11H,2,5-8,13H2,1H3/t11-/m1/s1. The van der Waals surface area contributed by atoms with Gasteiger partial charge in [-0.25, -0.2) is 0 Å². The Morgan fingerprint density at radius 1 is 1.47 bits per heavy atom. The van der Waals surface area contributed by atoms with Crippen LogP contribution >= 0.6 is 0 Å². The molecule has 94 valence electrons. The van der Waals surface area contributed by atoms with Crippen LogP contribution < -0.4 is 10.6 Å². The molecular formula is C12H19N3OS. The summed E-state index contributed by atoms with van der Waals surface area (Å²) in [5.74, 6) is 1.52. The van der Waals surface area contributed by atoms with Gasteiger partial charge in [0.1, 0.15) is 0 Å². The van der Waals surface area contributed by atoms with E-state index < -0.39 is 10.8 Å². The highest BCUT2D eigenvalue weighted by atomic mass is 32.2. The molecule has 0 saturated carbocycles. The number of pyridine rings is 1. The summed E-state index contributed by atoms with van der Waals surface area (Å²) in [5, 5.41) is 0. The van der Waals surface area contributed by atoms with Crippen molar-refractivity contribution in [3.05, 3.63) is 24.0 Å². The van der Waals surface area contributed by atoms with E-state index in [2.05, 4.69) is 22.9 Å². The van der Waals surface area contributed by atoms with Crippen molar-refractivity contribution in [2.45, 2.75) is 19.4 Å². The summed E-state index contributed by atoms with van der Waals surface area (Å²) in [6.45, 7) is 3.77. The number of nitrogens with zero attached hydrogens (tertiary/aromatic N) is 2. The molecule has 0 unspecified atom stereocenters. The van der Waals surface area contributed by atoms with Gasteiger partial charge in [-0.05, 0) is 18.6 Å². The van der Waals surface area contributed by atoms with E-state index in [-0.39, 0.29) is 6.04 Å². The zero-order valence-corrected chi connectivity index (χ0v) is 10.9. The van der Waals surface area contributed by atoms with Crippen LogP contribution in [-0.4, -0.2) is 33.8 Å². The molecule has 17 heavy (non-hydrogen) atoms. The lowest BCUT2D eigenvalue weighted by Crippen LogP contribution is -2.37. The van der Waals surface area contributed by atoms with Crippen molar-refractivity contribution in [2.24, 2.45) is 5.73 Å². The van der Waals surface area contributed by atoms with Crippen molar-refractivity contribution in [1.82, 2.24) is 4.98 Å². The van der Waals surface area contributed by atoms with Gasteiger partial charge in [0.25, 0.3) is 0 Å². The Labute approximate surface area is 105 Å². The normalized spacial score (nSPS) is 19.3. The van der Waals surface area contributed by atoms with Crippen LogP contribution in [0.15, 0.2) is 18.3 Å². The second-order valence-corrected chi connectivity index (χ2v) is 5.99. The van der Waals surface area contributed by atoms with E-state index in [1.165, 1.54) is 0 Å². The molecule has 2 rings (SSSR count). The van der Waals surface area contributed by atoms with Gasteiger partial charge in [-0.1, -0.05) is 6.92 Å². The van der Waals surface area contributed by atoms with Crippen LogP contribution in [0.3, 0.4) is 0 Å². The highest BCUT2D eigenvalue weighted by molar-refractivity contribution is 7.85. The molecule has 4 nitrogen and oxygen atoms in total. The van der Waals surface area contributed by atoms with E-state index in [0.29, 0.717) is 0 Å². The van der Waals surface area contributed by atoms with E-state index in [1.807, 2.05) is 12.3 Å². The van der Waals surface area contributed by atoms with Crippen LogP contribution in [0.25, 0.3) is 0 Å². The number of anilines is 1. The van der Waals surface area contributed by atoms with Gasteiger partial charge in [0, 0.05) is 41.4 Å². The maximum Gasteiger partial charge on any atom is 0.0572 e. The van der Waals surface area contributed by atoms with E-state index >= 15 is 0 Å². The second kappa shape index (κ2) is 5.60. The van der Waals surface area contributed by atoms with E-state index in [0.717, 1.165) is 42.4 Å². The van der Waals surface area contributed by atoms with Gasteiger partial charge in [0.05, 0.1) is 17.6 Å². The minimum Gasteiger partial charge on any atom is -0.368 e. The summed E-state index contributed by atoms with van der Waals surface area (Å²) in [6.07, 6.45) is 2.77. The molecule has 0 aliphatic carbocycles. The third-order valence-corrected chi connectivity index (χ3v) is 4.41. The summed E-state index contributed by atoms with van der Waals surface area (Å²) in [7, 11) is -0.630. The quantitative estimate of drug-likeness (QED) is 0.875. The molecule has 1 aliphatic rings. The molecule has 1 saturated heterocycles. The summed E-state index contributed by atoms with van der Waals surface area (Å²) in [6, 6.07) is 4.08. The Balaban J connectivity index is 2.05.